The summed E-state index contributed by atoms with van der Waals surface area (Å²) in [7, 11) is 0. The first-order chi connectivity index (χ1) is 14.0. The van der Waals surface area contributed by atoms with Crippen LogP contribution in [-0.2, 0) is 17.1 Å². The molecular formula is C22H18ClN3O3. The van der Waals surface area contributed by atoms with Crippen LogP contribution in [0.15, 0.2) is 78.9 Å². The van der Waals surface area contributed by atoms with E-state index in [0.29, 0.717) is 16.4 Å². The highest BCUT2D eigenvalue weighted by Gasteiger charge is 2.51. The van der Waals surface area contributed by atoms with Crippen molar-refractivity contribution in [1.82, 2.24) is 5.32 Å². The Labute approximate surface area is 172 Å². The maximum Gasteiger partial charge on any atom is 0.329 e. The molecule has 0 aliphatic carbocycles. The Hall–Kier alpha value is -3.35. The maximum atomic E-state index is 13.2. The number of amides is 3. The largest absolute Gasteiger partial charge is 0.359 e. The van der Waals surface area contributed by atoms with Crippen LogP contribution in [0.25, 0.3) is 0 Å². The lowest BCUT2D eigenvalue weighted by atomic mass is 9.94. The van der Waals surface area contributed by atoms with Gasteiger partial charge in [-0.1, -0.05) is 60.1 Å². The summed E-state index contributed by atoms with van der Waals surface area (Å²) >= 11 is 5.96. The molecule has 3 aromatic rings. The van der Waals surface area contributed by atoms with E-state index in [4.69, 9.17) is 11.6 Å². The molecule has 1 unspecified atom stereocenters. The summed E-state index contributed by atoms with van der Waals surface area (Å²) in [5.41, 5.74) is -0.378. The number of benzene rings is 3. The first kappa shape index (κ1) is 19.0. The Kier molecular flexibility index (Phi) is 4.96. The van der Waals surface area contributed by atoms with Gasteiger partial charge in [-0.05, 0) is 35.9 Å². The van der Waals surface area contributed by atoms with Crippen LogP contribution in [0.5, 0.6) is 0 Å². The summed E-state index contributed by atoms with van der Waals surface area (Å²) in [5.74, 6) is -0.710. The second-order valence-electron chi connectivity index (χ2n) is 6.63. The van der Waals surface area contributed by atoms with Crippen LogP contribution < -0.4 is 15.5 Å². The fourth-order valence-corrected chi connectivity index (χ4v) is 3.48. The van der Waals surface area contributed by atoms with Gasteiger partial charge in [0.2, 0.25) is 0 Å². The molecule has 1 aliphatic rings. The molecule has 0 fully saturated rings. The fourth-order valence-electron chi connectivity index (χ4n) is 3.35. The number of nitrogens with one attached hydrogen (secondary N) is 2. The minimum absolute atomic E-state index is 0.209. The second kappa shape index (κ2) is 7.58. The van der Waals surface area contributed by atoms with E-state index in [-0.39, 0.29) is 12.1 Å². The van der Waals surface area contributed by atoms with Crippen molar-refractivity contribution in [2.45, 2.75) is 12.3 Å². The van der Waals surface area contributed by atoms with Crippen LogP contribution in [0.1, 0.15) is 11.1 Å². The van der Waals surface area contributed by atoms with Gasteiger partial charge in [0.15, 0.2) is 0 Å². The van der Waals surface area contributed by atoms with Crippen LogP contribution in [0.2, 0.25) is 5.02 Å². The van der Waals surface area contributed by atoms with Crippen molar-refractivity contribution in [1.29, 1.82) is 0 Å². The van der Waals surface area contributed by atoms with E-state index in [0.717, 1.165) is 10.5 Å². The fraction of sp³-hybridized carbons (Fsp3) is 0.0909. The SMILES string of the molecule is O=C1Nc2ccccc2C(O)(C(=O)NCc2ccccc2)N1c1ccc(Cl)cc1. The Bertz CT molecular complexity index is 1060. The number of hydrogen-bond donors (Lipinski definition) is 3. The highest BCUT2D eigenvalue weighted by atomic mass is 35.5. The molecule has 6 nitrogen and oxygen atoms in total. The predicted molar refractivity (Wildman–Crippen MR) is 112 cm³/mol. The van der Waals surface area contributed by atoms with Crippen LogP contribution in [0, 0.1) is 0 Å². The summed E-state index contributed by atoms with van der Waals surface area (Å²) < 4.78 is 0. The zero-order chi connectivity index (χ0) is 20.4. The van der Waals surface area contributed by atoms with E-state index in [1.807, 2.05) is 30.3 Å². The lowest BCUT2D eigenvalue weighted by Crippen LogP contribution is -2.62. The molecule has 0 saturated carbocycles. The average Bonchev–Trinajstić information content (AvgIpc) is 2.74. The average molecular weight is 408 g/mol. The number of carbonyl (C=O) groups is 2. The van der Waals surface area contributed by atoms with Gasteiger partial charge in [0.05, 0.1) is 5.69 Å². The summed E-state index contributed by atoms with van der Waals surface area (Å²) in [6, 6.07) is 21.7. The smallest absolute Gasteiger partial charge is 0.329 e. The van der Waals surface area contributed by atoms with Crippen molar-refractivity contribution in [3.05, 3.63) is 95.0 Å². The van der Waals surface area contributed by atoms with E-state index < -0.39 is 17.7 Å². The minimum Gasteiger partial charge on any atom is -0.359 e. The highest BCUT2D eigenvalue weighted by molar-refractivity contribution is 6.30. The predicted octanol–water partition coefficient (Wildman–Crippen LogP) is 3.85. The van der Waals surface area contributed by atoms with E-state index >= 15 is 0 Å². The van der Waals surface area contributed by atoms with E-state index in [1.54, 1.807) is 48.5 Å². The number of hydrogen-bond acceptors (Lipinski definition) is 3. The molecule has 0 saturated heterocycles. The molecule has 3 amide bonds. The van der Waals surface area contributed by atoms with Gasteiger partial charge in [-0.15, -0.1) is 0 Å². The molecule has 3 N–H and O–H groups in total. The van der Waals surface area contributed by atoms with Crippen LogP contribution in [0.4, 0.5) is 16.2 Å². The maximum absolute atomic E-state index is 13.2. The third-order valence-electron chi connectivity index (χ3n) is 4.77. The van der Waals surface area contributed by atoms with Crippen molar-refractivity contribution < 1.29 is 14.7 Å². The molecule has 7 heteroatoms. The Morgan fingerprint density at radius 2 is 1.66 bits per heavy atom. The zero-order valence-electron chi connectivity index (χ0n) is 15.3. The molecule has 1 aliphatic heterocycles. The van der Waals surface area contributed by atoms with Gasteiger partial charge >= 0.3 is 6.03 Å². The first-order valence-electron chi connectivity index (χ1n) is 9.01. The number of aliphatic hydroxyl groups is 1. The van der Waals surface area contributed by atoms with Gasteiger partial charge in [0, 0.05) is 22.8 Å². The third kappa shape index (κ3) is 3.44. The zero-order valence-corrected chi connectivity index (χ0v) is 16.1. The number of anilines is 2. The van der Waals surface area contributed by atoms with Crippen molar-refractivity contribution in [2.75, 3.05) is 10.2 Å². The summed E-state index contributed by atoms with van der Waals surface area (Å²) in [6.45, 7) is 0.209. The van der Waals surface area contributed by atoms with Gasteiger partial charge in [0.1, 0.15) is 0 Å². The molecule has 1 heterocycles. The second-order valence-corrected chi connectivity index (χ2v) is 7.06. The van der Waals surface area contributed by atoms with Gasteiger partial charge in [-0.2, -0.15) is 0 Å². The summed E-state index contributed by atoms with van der Waals surface area (Å²) in [5, 5.41) is 17.6. The van der Waals surface area contributed by atoms with Crippen molar-refractivity contribution >= 4 is 34.9 Å². The topological polar surface area (TPSA) is 81.7 Å². The normalized spacial score (nSPS) is 18.0. The number of fused-ring (bicyclic) bond motifs is 1. The quantitative estimate of drug-likeness (QED) is 0.614. The van der Waals surface area contributed by atoms with Gasteiger partial charge in [0.25, 0.3) is 11.6 Å². The van der Waals surface area contributed by atoms with Crippen LogP contribution in [-0.4, -0.2) is 17.0 Å². The molecule has 3 aromatic carbocycles. The first-order valence-corrected chi connectivity index (χ1v) is 9.39. The summed E-state index contributed by atoms with van der Waals surface area (Å²) in [4.78, 5) is 27.2. The molecule has 0 aromatic heterocycles. The van der Waals surface area contributed by atoms with Gasteiger partial charge < -0.3 is 15.7 Å². The van der Waals surface area contributed by atoms with Crippen LogP contribution in [0.3, 0.4) is 0 Å². The number of para-hydroxylation sites is 1. The van der Waals surface area contributed by atoms with E-state index in [2.05, 4.69) is 10.6 Å². The van der Waals surface area contributed by atoms with Crippen molar-refractivity contribution in [2.24, 2.45) is 0 Å². The van der Waals surface area contributed by atoms with Gasteiger partial charge in [-0.25, -0.2) is 4.79 Å². The number of urea groups is 1. The minimum atomic E-state index is -2.23. The number of nitrogens with zero attached hydrogens (tertiary/aromatic N) is 1. The number of rotatable bonds is 4. The van der Waals surface area contributed by atoms with E-state index in [1.165, 1.54) is 0 Å². The van der Waals surface area contributed by atoms with Crippen molar-refractivity contribution in [3.63, 3.8) is 0 Å². The molecule has 29 heavy (non-hydrogen) atoms. The molecule has 1 atom stereocenters. The Morgan fingerprint density at radius 1 is 1.00 bits per heavy atom. The molecule has 4 rings (SSSR count). The lowest BCUT2D eigenvalue weighted by Gasteiger charge is -2.42. The van der Waals surface area contributed by atoms with Crippen LogP contribution >= 0.6 is 11.6 Å². The van der Waals surface area contributed by atoms with Gasteiger partial charge in [-0.3, -0.25) is 9.69 Å². The molecule has 146 valence electrons. The number of halogens is 1. The number of carbonyl (C=O) groups excluding carboxylic acids is 2. The third-order valence-corrected chi connectivity index (χ3v) is 5.02. The van der Waals surface area contributed by atoms with Crippen molar-refractivity contribution in [3.8, 4) is 0 Å². The summed E-state index contributed by atoms with van der Waals surface area (Å²) in [6.07, 6.45) is 0. The van der Waals surface area contributed by atoms with E-state index in [9.17, 15) is 14.7 Å². The highest BCUT2D eigenvalue weighted by Crippen LogP contribution is 2.39. The Balaban J connectivity index is 1.76. The molecule has 0 spiro atoms. The Morgan fingerprint density at radius 3 is 2.38 bits per heavy atom. The lowest BCUT2D eigenvalue weighted by molar-refractivity contribution is -0.140. The monoisotopic (exact) mass is 407 g/mol. The molecular weight excluding hydrogens is 390 g/mol. The molecule has 0 bridgehead atoms. The molecule has 0 radical (unpaired) electrons. The standard InChI is InChI=1S/C22H18ClN3O3/c23-16-10-12-17(13-11-16)26-21(28)25-19-9-5-4-8-18(19)22(26,29)20(27)24-14-15-6-2-1-3-7-15/h1-13,29H,14H2,(H,24,27)(H,25,28).